The van der Waals surface area contributed by atoms with Crippen LogP contribution < -0.4 is 5.73 Å². The molecule has 0 saturated carbocycles. The molecule has 0 amide bonds. The molecular weight excluding hydrogens is 208 g/mol. The highest BCUT2D eigenvalue weighted by Crippen LogP contribution is 2.00. The fraction of sp³-hybridized carbons (Fsp3) is 0.200. The second kappa shape index (κ2) is 6.61. The van der Waals surface area contributed by atoms with Gasteiger partial charge in [0.15, 0.2) is 0 Å². The maximum Gasteiger partial charge on any atom is 0.147 e. The minimum atomic E-state index is 0. The molecule has 0 atom stereocenters. The Bertz CT molecular complexity index is 206. The molecule has 3 nitrogen and oxygen atoms in total. The van der Waals surface area contributed by atoms with Crippen LogP contribution in [0.4, 0.5) is 0 Å². The number of hydrogen-bond acceptors (Lipinski definition) is 3. The number of nitrogens with zero attached hydrogens (tertiary/aromatic N) is 2. The molecule has 0 bridgehead atoms. The van der Waals surface area contributed by atoms with Crippen molar-refractivity contribution < 1.29 is 0 Å². The molecule has 0 aromatic carbocycles. The van der Waals surface area contributed by atoms with Crippen LogP contribution in [0, 0.1) is 0 Å². The number of aromatic nitrogens is 2. The monoisotopic (exact) mass is 215 g/mol. The lowest BCUT2D eigenvalue weighted by Crippen LogP contribution is -1.99. The SMILES string of the molecule is Cl.Cl.NCc1cncc(Cl)n1. The van der Waals surface area contributed by atoms with E-state index >= 15 is 0 Å². The molecule has 0 spiro atoms. The molecule has 0 unspecified atom stereocenters. The first-order valence-electron chi connectivity index (χ1n) is 2.49. The molecule has 0 saturated heterocycles. The van der Waals surface area contributed by atoms with Gasteiger partial charge in [-0.15, -0.1) is 24.8 Å². The van der Waals surface area contributed by atoms with Crippen molar-refractivity contribution in [3.8, 4) is 0 Å². The Morgan fingerprint density at radius 3 is 2.36 bits per heavy atom. The van der Waals surface area contributed by atoms with Crippen molar-refractivity contribution in [3.05, 3.63) is 23.2 Å². The van der Waals surface area contributed by atoms with Gasteiger partial charge in [-0.1, -0.05) is 11.6 Å². The molecule has 0 aliphatic heterocycles. The normalized spacial score (nSPS) is 7.82. The fourth-order valence-electron chi connectivity index (χ4n) is 0.478. The van der Waals surface area contributed by atoms with Crippen LogP contribution in [0.1, 0.15) is 5.69 Å². The Hall–Kier alpha value is -0.0900. The van der Waals surface area contributed by atoms with Crippen LogP contribution in [-0.2, 0) is 6.54 Å². The van der Waals surface area contributed by atoms with Gasteiger partial charge in [0.05, 0.1) is 11.9 Å². The van der Waals surface area contributed by atoms with Gasteiger partial charge in [-0.05, 0) is 0 Å². The molecule has 11 heavy (non-hydrogen) atoms. The highest BCUT2D eigenvalue weighted by atomic mass is 35.5. The van der Waals surface area contributed by atoms with E-state index in [0.29, 0.717) is 17.4 Å². The molecule has 0 fully saturated rings. The van der Waals surface area contributed by atoms with E-state index in [1.54, 1.807) is 6.20 Å². The van der Waals surface area contributed by atoms with Crippen LogP contribution in [0.5, 0.6) is 0 Å². The first-order valence-corrected chi connectivity index (χ1v) is 2.87. The third-order valence-corrected chi connectivity index (χ3v) is 1.05. The summed E-state index contributed by atoms with van der Waals surface area (Å²) in [7, 11) is 0. The van der Waals surface area contributed by atoms with Crippen LogP contribution in [0.2, 0.25) is 5.15 Å². The minimum absolute atomic E-state index is 0. The van der Waals surface area contributed by atoms with Gasteiger partial charge in [-0.25, -0.2) is 4.98 Å². The van der Waals surface area contributed by atoms with E-state index in [2.05, 4.69) is 9.97 Å². The molecule has 0 radical (unpaired) electrons. The van der Waals surface area contributed by atoms with Crippen molar-refractivity contribution in [2.45, 2.75) is 6.54 Å². The smallest absolute Gasteiger partial charge is 0.147 e. The molecule has 2 N–H and O–H groups in total. The molecule has 1 rings (SSSR count). The molecule has 0 aliphatic rings. The number of rotatable bonds is 1. The highest BCUT2D eigenvalue weighted by molar-refractivity contribution is 6.29. The van der Waals surface area contributed by atoms with Gasteiger partial charge in [0.2, 0.25) is 0 Å². The van der Waals surface area contributed by atoms with Crippen LogP contribution in [0.15, 0.2) is 12.4 Å². The van der Waals surface area contributed by atoms with E-state index in [4.69, 9.17) is 17.3 Å². The van der Waals surface area contributed by atoms with Crippen LogP contribution in [0.3, 0.4) is 0 Å². The van der Waals surface area contributed by atoms with Gasteiger partial charge in [-0.3, -0.25) is 4.98 Å². The quantitative estimate of drug-likeness (QED) is 0.773. The van der Waals surface area contributed by atoms with Gasteiger partial charge < -0.3 is 5.73 Å². The van der Waals surface area contributed by atoms with Crippen molar-refractivity contribution in [1.29, 1.82) is 0 Å². The van der Waals surface area contributed by atoms with Gasteiger partial charge in [-0.2, -0.15) is 0 Å². The Kier molecular flexibility index (Phi) is 8.11. The van der Waals surface area contributed by atoms with Crippen LogP contribution in [0.25, 0.3) is 0 Å². The summed E-state index contributed by atoms with van der Waals surface area (Å²) < 4.78 is 0. The lowest BCUT2D eigenvalue weighted by atomic mass is 10.5. The molecule has 1 heterocycles. The van der Waals surface area contributed by atoms with Gasteiger partial charge in [0, 0.05) is 12.7 Å². The van der Waals surface area contributed by atoms with E-state index in [1.165, 1.54) is 6.20 Å². The zero-order chi connectivity index (χ0) is 6.69. The number of hydrogen-bond donors (Lipinski definition) is 1. The average molecular weight is 216 g/mol. The molecule has 1 aromatic rings. The maximum absolute atomic E-state index is 5.49. The van der Waals surface area contributed by atoms with Gasteiger partial charge >= 0.3 is 0 Å². The Balaban J connectivity index is 0. The summed E-state index contributed by atoms with van der Waals surface area (Å²) in [6.07, 6.45) is 3.06. The summed E-state index contributed by atoms with van der Waals surface area (Å²) >= 11 is 5.49. The Morgan fingerprint density at radius 2 is 2.00 bits per heavy atom. The van der Waals surface area contributed by atoms with Crippen LogP contribution >= 0.6 is 36.4 Å². The standard InChI is InChI=1S/C5H6ClN3.2ClH/c6-5-3-8-2-4(1-7)9-5;;/h2-3H,1,7H2;2*1H. The average Bonchev–Trinajstić information content (AvgIpc) is 1.88. The fourth-order valence-corrected chi connectivity index (χ4v) is 0.643. The second-order valence-corrected chi connectivity index (χ2v) is 1.92. The lowest BCUT2D eigenvalue weighted by molar-refractivity contribution is 0.964. The van der Waals surface area contributed by atoms with Gasteiger partial charge in [0.25, 0.3) is 0 Å². The summed E-state index contributed by atoms with van der Waals surface area (Å²) in [4.78, 5) is 7.65. The number of nitrogens with two attached hydrogens (primary N) is 1. The zero-order valence-electron chi connectivity index (χ0n) is 5.53. The summed E-state index contributed by atoms with van der Waals surface area (Å²) in [6, 6.07) is 0. The van der Waals surface area contributed by atoms with Crippen LogP contribution in [-0.4, -0.2) is 9.97 Å². The zero-order valence-corrected chi connectivity index (χ0v) is 7.92. The topological polar surface area (TPSA) is 51.8 Å². The van der Waals surface area contributed by atoms with Crippen molar-refractivity contribution in [2.75, 3.05) is 0 Å². The third-order valence-electron chi connectivity index (χ3n) is 0.864. The highest BCUT2D eigenvalue weighted by Gasteiger charge is 1.90. The van der Waals surface area contributed by atoms with E-state index < -0.39 is 0 Å². The largest absolute Gasteiger partial charge is 0.325 e. The van der Waals surface area contributed by atoms with E-state index in [9.17, 15) is 0 Å². The third kappa shape index (κ3) is 4.37. The van der Waals surface area contributed by atoms with Crippen molar-refractivity contribution >= 4 is 36.4 Å². The molecular formula is C5H8Cl3N3. The molecule has 0 aliphatic carbocycles. The maximum atomic E-state index is 5.49. The first-order chi connectivity index (χ1) is 4.33. The molecule has 64 valence electrons. The summed E-state index contributed by atoms with van der Waals surface area (Å²) in [5, 5.41) is 0.387. The first kappa shape index (κ1) is 13.5. The van der Waals surface area contributed by atoms with Crippen molar-refractivity contribution in [1.82, 2.24) is 9.97 Å². The summed E-state index contributed by atoms with van der Waals surface area (Å²) in [5.74, 6) is 0. The van der Waals surface area contributed by atoms with Crippen molar-refractivity contribution in [2.24, 2.45) is 5.73 Å². The lowest BCUT2D eigenvalue weighted by Gasteiger charge is -1.92. The van der Waals surface area contributed by atoms with E-state index in [0.717, 1.165) is 0 Å². The summed E-state index contributed by atoms with van der Waals surface area (Å²) in [6.45, 7) is 0.382. The summed E-state index contributed by atoms with van der Waals surface area (Å²) in [5.41, 5.74) is 5.97. The minimum Gasteiger partial charge on any atom is -0.325 e. The molecule has 6 heteroatoms. The van der Waals surface area contributed by atoms with E-state index in [-0.39, 0.29) is 24.8 Å². The van der Waals surface area contributed by atoms with Crippen molar-refractivity contribution in [3.63, 3.8) is 0 Å². The predicted molar refractivity (Wildman–Crippen MR) is 49.4 cm³/mol. The predicted octanol–water partition coefficient (Wildman–Crippen LogP) is 1.43. The Labute approximate surface area is 82.2 Å². The number of halogens is 3. The Morgan fingerprint density at radius 1 is 1.36 bits per heavy atom. The van der Waals surface area contributed by atoms with Gasteiger partial charge in [0.1, 0.15) is 5.15 Å². The van der Waals surface area contributed by atoms with E-state index in [1.807, 2.05) is 0 Å². The molecule has 1 aromatic heterocycles. The second-order valence-electron chi connectivity index (χ2n) is 1.54.